The van der Waals surface area contributed by atoms with E-state index in [-0.39, 0.29) is 36.9 Å². The monoisotopic (exact) mass is 522 g/mol. The Morgan fingerprint density at radius 1 is 1.39 bits per heavy atom. The molecule has 3 heterocycles. The highest BCUT2D eigenvalue weighted by molar-refractivity contribution is 9.09. The fourth-order valence-corrected chi connectivity index (χ4v) is 6.48. The molecule has 33 heavy (non-hydrogen) atoms. The summed E-state index contributed by atoms with van der Waals surface area (Å²) in [5, 5.41) is 19.3. The van der Waals surface area contributed by atoms with Crippen LogP contribution in [0.5, 0.6) is 5.75 Å². The Balaban J connectivity index is 1.77. The first-order valence-corrected chi connectivity index (χ1v) is 11.7. The van der Waals surface area contributed by atoms with Crippen LogP contribution in [0.3, 0.4) is 0 Å². The van der Waals surface area contributed by atoms with Gasteiger partial charge in [0.2, 0.25) is 5.91 Å². The molecule has 0 saturated carbocycles. The number of fused-ring (bicyclic) bond motifs is 1. The number of nitrogens with zero attached hydrogens (tertiary/aromatic N) is 2. The number of aliphatic hydroxyl groups excluding tert-OH is 1. The topological polar surface area (TPSA) is 117 Å². The van der Waals surface area contributed by atoms with Crippen molar-refractivity contribution in [3.63, 3.8) is 0 Å². The van der Waals surface area contributed by atoms with Crippen LogP contribution in [0.4, 0.5) is 5.69 Å². The molecule has 2 N–H and O–H groups in total. The normalized spacial score (nSPS) is 32.0. The van der Waals surface area contributed by atoms with Gasteiger partial charge in [0.05, 0.1) is 25.0 Å². The summed E-state index contributed by atoms with van der Waals surface area (Å²) < 4.78 is 11.4. The second-order valence-corrected chi connectivity index (χ2v) is 9.72. The molecule has 9 nitrogen and oxygen atoms in total. The van der Waals surface area contributed by atoms with Crippen LogP contribution in [0, 0.1) is 11.8 Å². The number of hydrogen-bond donors (Lipinski definition) is 2. The summed E-state index contributed by atoms with van der Waals surface area (Å²) >= 11 is 3.52. The second-order valence-electron chi connectivity index (χ2n) is 8.55. The van der Waals surface area contributed by atoms with Crippen molar-refractivity contribution in [2.24, 2.45) is 11.8 Å². The quantitative estimate of drug-likeness (QED) is 0.372. The maximum absolute atomic E-state index is 14.1. The van der Waals surface area contributed by atoms with Crippen LogP contribution in [-0.2, 0) is 19.1 Å². The molecule has 3 saturated heterocycles. The first-order valence-electron chi connectivity index (χ1n) is 10.8. The fraction of sp³-hybridized carbons (Fsp3) is 0.522. The maximum Gasteiger partial charge on any atom is 0.310 e. The number of ether oxygens (including phenoxy) is 2. The first kappa shape index (κ1) is 23.7. The molecule has 1 aromatic carbocycles. The highest BCUT2D eigenvalue weighted by atomic mass is 79.9. The lowest BCUT2D eigenvalue weighted by Gasteiger charge is -2.37. The number of benzene rings is 1. The van der Waals surface area contributed by atoms with E-state index < -0.39 is 41.5 Å². The molecular formula is C23H27BrN2O7. The van der Waals surface area contributed by atoms with Gasteiger partial charge in [-0.1, -0.05) is 22.0 Å². The van der Waals surface area contributed by atoms with Gasteiger partial charge in [0, 0.05) is 30.2 Å². The maximum atomic E-state index is 14.1. The Morgan fingerprint density at radius 3 is 2.67 bits per heavy atom. The number of methoxy groups -OCH3 is 1. The van der Waals surface area contributed by atoms with E-state index in [0.29, 0.717) is 17.9 Å². The average Bonchev–Trinajstić information content (AvgIpc) is 3.39. The van der Waals surface area contributed by atoms with Crippen molar-refractivity contribution in [2.45, 2.75) is 35.4 Å². The van der Waals surface area contributed by atoms with Gasteiger partial charge >= 0.3 is 5.97 Å². The number of aliphatic hydroxyl groups is 1. The van der Waals surface area contributed by atoms with E-state index in [4.69, 9.17) is 9.47 Å². The number of alkyl halides is 1. The lowest BCUT2D eigenvalue weighted by molar-refractivity contribution is -0.149. The number of carbonyl (C=O) groups excluding carboxylic acids is 2. The molecule has 1 spiro atoms. The number of carboxylic acids is 1. The summed E-state index contributed by atoms with van der Waals surface area (Å²) in [7, 11) is 1.55. The van der Waals surface area contributed by atoms with Crippen molar-refractivity contribution in [1.82, 2.24) is 4.90 Å². The molecule has 0 aromatic heterocycles. The summed E-state index contributed by atoms with van der Waals surface area (Å²) in [4.78, 5) is 42.3. The van der Waals surface area contributed by atoms with Crippen molar-refractivity contribution in [3.05, 3.63) is 36.9 Å². The van der Waals surface area contributed by atoms with E-state index in [2.05, 4.69) is 22.5 Å². The molecule has 3 aliphatic heterocycles. The molecule has 2 amide bonds. The summed E-state index contributed by atoms with van der Waals surface area (Å²) in [6.45, 7) is 3.92. The zero-order chi connectivity index (χ0) is 23.9. The van der Waals surface area contributed by atoms with Crippen molar-refractivity contribution in [1.29, 1.82) is 0 Å². The molecule has 0 aliphatic carbocycles. The zero-order valence-corrected chi connectivity index (χ0v) is 19.8. The smallest absolute Gasteiger partial charge is 0.310 e. The van der Waals surface area contributed by atoms with Crippen LogP contribution in [0.25, 0.3) is 0 Å². The van der Waals surface area contributed by atoms with Gasteiger partial charge in [-0.2, -0.15) is 0 Å². The number of hydrogen-bond acceptors (Lipinski definition) is 6. The van der Waals surface area contributed by atoms with E-state index in [1.165, 1.54) is 9.80 Å². The Bertz CT molecular complexity index is 955. The largest absolute Gasteiger partial charge is 0.497 e. The molecule has 0 radical (unpaired) electrons. The lowest BCUT2D eigenvalue weighted by Crippen LogP contribution is -2.57. The highest BCUT2D eigenvalue weighted by Gasteiger charge is 2.76. The van der Waals surface area contributed by atoms with Crippen LogP contribution in [0.2, 0.25) is 0 Å². The van der Waals surface area contributed by atoms with E-state index in [1.54, 1.807) is 37.5 Å². The van der Waals surface area contributed by atoms with Crippen LogP contribution >= 0.6 is 15.9 Å². The summed E-state index contributed by atoms with van der Waals surface area (Å²) in [6, 6.07) is 5.93. The predicted octanol–water partition coefficient (Wildman–Crippen LogP) is 1.43. The van der Waals surface area contributed by atoms with E-state index >= 15 is 0 Å². The van der Waals surface area contributed by atoms with E-state index in [1.807, 2.05) is 0 Å². The van der Waals surface area contributed by atoms with Crippen molar-refractivity contribution in [2.75, 3.05) is 31.7 Å². The van der Waals surface area contributed by atoms with Gasteiger partial charge in [0.1, 0.15) is 17.4 Å². The number of anilines is 1. The fourth-order valence-electron chi connectivity index (χ4n) is 5.53. The molecule has 3 aliphatic rings. The average molecular weight is 523 g/mol. The van der Waals surface area contributed by atoms with Crippen LogP contribution < -0.4 is 9.64 Å². The second kappa shape index (κ2) is 9.08. The van der Waals surface area contributed by atoms with Gasteiger partial charge in [0.15, 0.2) is 0 Å². The third-order valence-corrected chi connectivity index (χ3v) is 7.67. The molecule has 1 unspecified atom stereocenters. The minimum absolute atomic E-state index is 0.127. The van der Waals surface area contributed by atoms with Gasteiger partial charge in [-0.3, -0.25) is 14.4 Å². The highest BCUT2D eigenvalue weighted by Crippen LogP contribution is 2.60. The number of carbonyl (C=O) groups is 3. The van der Waals surface area contributed by atoms with Crippen LogP contribution in [0.1, 0.15) is 12.8 Å². The van der Waals surface area contributed by atoms with Gasteiger partial charge in [0.25, 0.3) is 5.91 Å². The Kier molecular flexibility index (Phi) is 6.52. The Morgan fingerprint density at radius 2 is 2.09 bits per heavy atom. The molecule has 178 valence electrons. The van der Waals surface area contributed by atoms with Gasteiger partial charge < -0.3 is 29.5 Å². The Labute approximate surface area is 200 Å². The zero-order valence-electron chi connectivity index (χ0n) is 18.2. The molecule has 3 fully saturated rings. The molecule has 10 heteroatoms. The summed E-state index contributed by atoms with van der Waals surface area (Å²) in [5.41, 5.74) is -0.662. The molecule has 4 rings (SSSR count). The van der Waals surface area contributed by atoms with E-state index in [9.17, 15) is 24.6 Å². The number of carboxylic acid groups (broad SMARTS) is 1. The van der Waals surface area contributed by atoms with Crippen LogP contribution in [0.15, 0.2) is 36.9 Å². The van der Waals surface area contributed by atoms with Crippen LogP contribution in [-0.4, -0.2) is 82.3 Å². The van der Waals surface area contributed by atoms with Crippen molar-refractivity contribution < 1.29 is 34.1 Å². The van der Waals surface area contributed by atoms with E-state index in [0.717, 1.165) is 0 Å². The van der Waals surface area contributed by atoms with Crippen molar-refractivity contribution in [3.8, 4) is 5.75 Å². The number of aliphatic carboxylic acids is 1. The molecule has 1 aromatic rings. The molecule has 2 bridgehead atoms. The standard InChI is InChI=1S/C23H27BrN2O7/c1-3-9-25(13-5-7-14(32-2)8-6-13)21(29)19-23-12-15(24)18(33-23)16(22(30)31)17(23)20(28)26(19)10-4-11-27/h3,5-8,15-19,27H,1,4,9-12H2,2H3,(H,30,31)/t15?,16-,17+,18-,19-,23+/m0/s1. The number of rotatable bonds is 9. The summed E-state index contributed by atoms with van der Waals surface area (Å²) in [5.74, 6) is -3.27. The predicted molar refractivity (Wildman–Crippen MR) is 122 cm³/mol. The van der Waals surface area contributed by atoms with Crippen molar-refractivity contribution >= 4 is 39.4 Å². The number of amides is 2. The van der Waals surface area contributed by atoms with Gasteiger partial charge in [-0.05, 0) is 37.1 Å². The Hall–Kier alpha value is -2.43. The SMILES string of the molecule is C=CCN(C(=O)[C@@H]1N(CCCO)C(=O)[C@H]2[C@H](C(=O)O)[C@H]3O[C@@]12CC3Br)c1ccc(OC)cc1. The third kappa shape index (κ3) is 3.64. The minimum Gasteiger partial charge on any atom is -0.497 e. The third-order valence-electron chi connectivity index (χ3n) is 6.83. The minimum atomic E-state index is -1.25. The molecule has 6 atom stereocenters. The lowest BCUT2D eigenvalue weighted by atomic mass is 9.70. The van der Waals surface area contributed by atoms with Gasteiger partial charge in [-0.25, -0.2) is 0 Å². The van der Waals surface area contributed by atoms with Gasteiger partial charge in [-0.15, -0.1) is 6.58 Å². The summed E-state index contributed by atoms with van der Waals surface area (Å²) in [6.07, 6.45) is 1.50. The molecular weight excluding hydrogens is 496 g/mol. The number of halogens is 1. The first-order chi connectivity index (χ1) is 15.8. The number of likely N-dealkylation sites (tertiary alicyclic amines) is 1.